The maximum absolute atomic E-state index is 6.21. The molecule has 2 N–H and O–H groups in total. The van der Waals surface area contributed by atoms with Crippen molar-refractivity contribution in [3.05, 3.63) is 54.6 Å². The fourth-order valence-electron chi connectivity index (χ4n) is 2.66. The van der Waals surface area contributed by atoms with Crippen LogP contribution in [-0.2, 0) is 4.74 Å². The van der Waals surface area contributed by atoms with Crippen molar-refractivity contribution < 1.29 is 9.47 Å². The highest BCUT2D eigenvalue weighted by Gasteiger charge is 2.23. The normalized spacial score (nSPS) is 19.4. The van der Waals surface area contributed by atoms with Gasteiger partial charge in [-0.05, 0) is 18.1 Å². The topological polar surface area (TPSA) is 44.5 Å². The summed E-state index contributed by atoms with van der Waals surface area (Å²) >= 11 is 0. The molecule has 3 heteroatoms. The second-order valence-electron chi connectivity index (χ2n) is 5.46. The van der Waals surface area contributed by atoms with Crippen molar-refractivity contribution in [3.63, 3.8) is 0 Å². The Bertz CT molecular complexity index is 564. The minimum absolute atomic E-state index is 0.0244. The van der Waals surface area contributed by atoms with Gasteiger partial charge >= 0.3 is 0 Å². The van der Waals surface area contributed by atoms with Crippen LogP contribution in [-0.4, -0.2) is 25.9 Å². The molecule has 2 atom stereocenters. The summed E-state index contributed by atoms with van der Waals surface area (Å²) in [5.74, 6) is 1.30. The molecular weight excluding hydrogens is 262 g/mol. The van der Waals surface area contributed by atoms with Crippen LogP contribution in [0, 0.1) is 5.92 Å². The molecule has 0 bridgehead atoms. The molecule has 1 aliphatic heterocycles. The Kier molecular flexibility index (Phi) is 4.53. The maximum atomic E-state index is 6.21. The number of nitrogens with two attached hydrogens (primary N) is 1. The van der Waals surface area contributed by atoms with Gasteiger partial charge in [0.1, 0.15) is 12.4 Å². The Balaban J connectivity index is 1.71. The number of benzene rings is 2. The van der Waals surface area contributed by atoms with Crippen LogP contribution in [0.3, 0.4) is 0 Å². The molecule has 3 rings (SSSR count). The summed E-state index contributed by atoms with van der Waals surface area (Å²) in [6.45, 7) is 2.10. The second-order valence-corrected chi connectivity index (χ2v) is 5.46. The lowest BCUT2D eigenvalue weighted by atomic mass is 10.0. The van der Waals surface area contributed by atoms with Crippen LogP contribution in [0.15, 0.2) is 54.6 Å². The molecule has 21 heavy (non-hydrogen) atoms. The highest BCUT2D eigenvalue weighted by Crippen LogP contribution is 2.29. The summed E-state index contributed by atoms with van der Waals surface area (Å²) in [5.41, 5.74) is 8.47. The molecule has 0 radical (unpaired) electrons. The van der Waals surface area contributed by atoms with E-state index in [9.17, 15) is 0 Å². The molecule has 2 aromatic rings. The van der Waals surface area contributed by atoms with Crippen LogP contribution < -0.4 is 10.5 Å². The van der Waals surface area contributed by atoms with Gasteiger partial charge in [-0.2, -0.15) is 0 Å². The average Bonchev–Trinajstić information content (AvgIpc) is 3.08. The smallest absolute Gasteiger partial charge is 0.127 e. The number of ether oxygens (including phenoxy) is 2. The second kappa shape index (κ2) is 6.74. The lowest BCUT2D eigenvalue weighted by molar-refractivity contribution is 0.170. The molecule has 0 saturated carbocycles. The van der Waals surface area contributed by atoms with E-state index < -0.39 is 0 Å². The van der Waals surface area contributed by atoms with Crippen molar-refractivity contribution in [2.24, 2.45) is 11.7 Å². The Hall–Kier alpha value is -1.84. The van der Waals surface area contributed by atoms with Crippen molar-refractivity contribution >= 4 is 0 Å². The molecule has 2 aromatic carbocycles. The zero-order chi connectivity index (χ0) is 14.5. The lowest BCUT2D eigenvalue weighted by Crippen LogP contribution is -2.36. The van der Waals surface area contributed by atoms with E-state index in [-0.39, 0.29) is 6.04 Å². The van der Waals surface area contributed by atoms with E-state index in [1.807, 2.05) is 36.4 Å². The van der Waals surface area contributed by atoms with E-state index in [4.69, 9.17) is 15.2 Å². The van der Waals surface area contributed by atoms with Crippen LogP contribution in [0.2, 0.25) is 0 Å². The van der Waals surface area contributed by atoms with Gasteiger partial charge in [0.25, 0.3) is 0 Å². The molecule has 110 valence electrons. The van der Waals surface area contributed by atoms with Crippen molar-refractivity contribution in [3.8, 4) is 16.9 Å². The van der Waals surface area contributed by atoms with Crippen molar-refractivity contribution in [1.82, 2.24) is 0 Å². The van der Waals surface area contributed by atoms with E-state index in [0.717, 1.165) is 36.5 Å². The molecule has 0 spiro atoms. The largest absolute Gasteiger partial charge is 0.491 e. The van der Waals surface area contributed by atoms with Crippen molar-refractivity contribution in [1.29, 1.82) is 0 Å². The van der Waals surface area contributed by atoms with Crippen LogP contribution in [0.25, 0.3) is 11.1 Å². The third-order valence-corrected chi connectivity index (χ3v) is 3.97. The zero-order valence-corrected chi connectivity index (χ0v) is 12.1. The number of para-hydroxylation sites is 1. The third-order valence-electron chi connectivity index (χ3n) is 3.97. The first kappa shape index (κ1) is 14.1. The van der Waals surface area contributed by atoms with Crippen LogP contribution in [0.5, 0.6) is 5.75 Å². The summed E-state index contributed by atoms with van der Waals surface area (Å²) in [6.07, 6.45) is 1.03. The van der Waals surface area contributed by atoms with Crippen LogP contribution in [0.4, 0.5) is 0 Å². The zero-order valence-electron chi connectivity index (χ0n) is 12.1. The summed E-state index contributed by atoms with van der Waals surface area (Å²) < 4.78 is 11.4. The van der Waals surface area contributed by atoms with E-state index in [0.29, 0.717) is 12.5 Å². The number of hydrogen-bond donors (Lipinski definition) is 1. The molecule has 0 aromatic heterocycles. The first-order chi connectivity index (χ1) is 10.3. The molecule has 2 unspecified atom stereocenters. The average molecular weight is 283 g/mol. The Morgan fingerprint density at radius 3 is 2.62 bits per heavy atom. The molecule has 1 heterocycles. The first-order valence-electron chi connectivity index (χ1n) is 7.45. The van der Waals surface area contributed by atoms with E-state index >= 15 is 0 Å². The molecule has 1 fully saturated rings. The van der Waals surface area contributed by atoms with Crippen molar-refractivity contribution in [2.75, 3.05) is 19.8 Å². The van der Waals surface area contributed by atoms with Gasteiger partial charge in [-0.25, -0.2) is 0 Å². The van der Waals surface area contributed by atoms with Gasteiger partial charge in [-0.3, -0.25) is 0 Å². The van der Waals surface area contributed by atoms with Gasteiger partial charge in [-0.1, -0.05) is 48.5 Å². The summed E-state index contributed by atoms with van der Waals surface area (Å²) in [4.78, 5) is 0. The summed E-state index contributed by atoms with van der Waals surface area (Å²) in [7, 11) is 0. The van der Waals surface area contributed by atoms with Gasteiger partial charge in [-0.15, -0.1) is 0 Å². The van der Waals surface area contributed by atoms with Crippen molar-refractivity contribution in [2.45, 2.75) is 12.5 Å². The number of hydrogen-bond acceptors (Lipinski definition) is 3. The van der Waals surface area contributed by atoms with Crippen LogP contribution in [0.1, 0.15) is 6.42 Å². The van der Waals surface area contributed by atoms with E-state index in [1.165, 1.54) is 0 Å². The lowest BCUT2D eigenvalue weighted by Gasteiger charge is -2.19. The molecule has 3 nitrogen and oxygen atoms in total. The van der Waals surface area contributed by atoms with E-state index in [2.05, 4.69) is 18.2 Å². The fraction of sp³-hybridized carbons (Fsp3) is 0.333. The number of rotatable bonds is 5. The Morgan fingerprint density at radius 2 is 1.86 bits per heavy atom. The van der Waals surface area contributed by atoms with Gasteiger partial charge in [0, 0.05) is 24.1 Å². The molecule has 0 aliphatic carbocycles. The minimum Gasteiger partial charge on any atom is -0.491 e. The molecule has 1 aliphatic rings. The SMILES string of the molecule is NC(COc1ccccc1-c1ccccc1)C1CCOC1. The van der Waals surface area contributed by atoms with E-state index in [1.54, 1.807) is 0 Å². The highest BCUT2D eigenvalue weighted by molar-refractivity contribution is 5.70. The van der Waals surface area contributed by atoms with Gasteiger partial charge in [0.15, 0.2) is 0 Å². The quantitative estimate of drug-likeness (QED) is 0.917. The predicted octanol–water partition coefficient (Wildman–Crippen LogP) is 3.10. The Labute approximate surface area is 125 Å². The standard InChI is InChI=1S/C18H21NO2/c19-17(15-10-11-20-12-15)13-21-18-9-5-4-8-16(18)14-6-2-1-3-7-14/h1-9,15,17H,10-13,19H2. The summed E-state index contributed by atoms with van der Waals surface area (Å²) in [6, 6.07) is 18.4. The first-order valence-corrected chi connectivity index (χ1v) is 7.45. The fourth-order valence-corrected chi connectivity index (χ4v) is 2.66. The predicted molar refractivity (Wildman–Crippen MR) is 84.3 cm³/mol. The molecule has 0 amide bonds. The summed E-state index contributed by atoms with van der Waals surface area (Å²) in [5, 5.41) is 0. The maximum Gasteiger partial charge on any atom is 0.127 e. The minimum atomic E-state index is 0.0244. The van der Waals surface area contributed by atoms with Crippen LogP contribution >= 0.6 is 0 Å². The van der Waals surface area contributed by atoms with Gasteiger partial charge in [0.05, 0.1) is 6.61 Å². The third kappa shape index (κ3) is 3.43. The molecule has 1 saturated heterocycles. The molecular formula is C18H21NO2. The van der Waals surface area contributed by atoms with Gasteiger partial charge < -0.3 is 15.2 Å². The monoisotopic (exact) mass is 283 g/mol. The Morgan fingerprint density at radius 1 is 1.10 bits per heavy atom. The highest BCUT2D eigenvalue weighted by atomic mass is 16.5. The van der Waals surface area contributed by atoms with Gasteiger partial charge in [0.2, 0.25) is 0 Å².